The highest BCUT2D eigenvalue weighted by molar-refractivity contribution is 5.77. The van der Waals surface area contributed by atoms with Gasteiger partial charge in [-0.1, -0.05) is 61.0 Å². The molecule has 2 aromatic carbocycles. The van der Waals surface area contributed by atoms with E-state index in [0.29, 0.717) is 11.6 Å². The fraction of sp³-hybridized carbons (Fsp3) is 0.348. The van der Waals surface area contributed by atoms with E-state index in [1.54, 1.807) is 10.9 Å². The first-order chi connectivity index (χ1) is 13.4. The van der Waals surface area contributed by atoms with Gasteiger partial charge in [-0.05, 0) is 49.4 Å². The van der Waals surface area contributed by atoms with Crippen LogP contribution in [0, 0.1) is 12.8 Å². The molecule has 0 saturated heterocycles. The fourth-order valence-corrected chi connectivity index (χ4v) is 3.01. The normalized spacial score (nSPS) is 12.2. The van der Waals surface area contributed by atoms with Crippen LogP contribution in [0.1, 0.15) is 49.1 Å². The van der Waals surface area contributed by atoms with E-state index in [0.717, 1.165) is 17.7 Å². The van der Waals surface area contributed by atoms with Crippen LogP contribution in [0.15, 0.2) is 54.7 Å². The van der Waals surface area contributed by atoms with E-state index < -0.39 is 0 Å². The van der Waals surface area contributed by atoms with Crippen LogP contribution < -0.4 is 0 Å². The zero-order valence-corrected chi connectivity index (χ0v) is 16.9. The van der Waals surface area contributed by atoms with Crippen molar-refractivity contribution in [1.82, 2.24) is 15.0 Å². The number of benzene rings is 2. The Morgan fingerprint density at radius 2 is 1.71 bits per heavy atom. The zero-order valence-electron chi connectivity index (χ0n) is 16.9. The molecule has 28 heavy (non-hydrogen) atoms. The van der Waals surface area contributed by atoms with Gasteiger partial charge in [-0.3, -0.25) is 4.79 Å². The third-order valence-corrected chi connectivity index (χ3v) is 4.68. The average Bonchev–Trinajstić information content (AvgIpc) is 3.15. The Balaban J connectivity index is 1.57. The Labute approximate surface area is 166 Å². The Bertz CT molecular complexity index is 912. The van der Waals surface area contributed by atoms with Crippen molar-refractivity contribution in [3.63, 3.8) is 0 Å². The van der Waals surface area contributed by atoms with Gasteiger partial charge < -0.3 is 4.74 Å². The predicted molar refractivity (Wildman–Crippen MR) is 109 cm³/mol. The van der Waals surface area contributed by atoms with Gasteiger partial charge in [0, 0.05) is 0 Å². The van der Waals surface area contributed by atoms with Crippen LogP contribution in [-0.4, -0.2) is 21.0 Å². The van der Waals surface area contributed by atoms with E-state index >= 15 is 0 Å². The molecule has 5 nitrogen and oxygen atoms in total. The van der Waals surface area contributed by atoms with E-state index in [-0.39, 0.29) is 18.5 Å². The highest BCUT2D eigenvalue weighted by atomic mass is 16.5. The summed E-state index contributed by atoms with van der Waals surface area (Å²) in [6.45, 7) is 8.41. The Hall–Kier alpha value is -2.95. The predicted octanol–water partition coefficient (Wildman–Crippen LogP) is 4.62. The van der Waals surface area contributed by atoms with E-state index in [1.807, 2.05) is 50.2 Å². The highest BCUT2D eigenvalue weighted by Gasteiger charge is 2.17. The minimum Gasteiger partial charge on any atom is -0.459 e. The Morgan fingerprint density at radius 3 is 2.36 bits per heavy atom. The summed E-state index contributed by atoms with van der Waals surface area (Å²) in [4.78, 5) is 12.4. The van der Waals surface area contributed by atoms with E-state index in [2.05, 4.69) is 36.3 Å². The van der Waals surface area contributed by atoms with Crippen LogP contribution in [0.4, 0.5) is 0 Å². The van der Waals surface area contributed by atoms with Crippen molar-refractivity contribution in [2.75, 3.05) is 0 Å². The second-order valence-corrected chi connectivity index (χ2v) is 7.66. The lowest BCUT2D eigenvalue weighted by Gasteiger charge is -2.12. The highest BCUT2D eigenvalue weighted by Crippen LogP contribution is 2.19. The van der Waals surface area contributed by atoms with Gasteiger partial charge in [0.15, 0.2) is 0 Å². The number of ether oxygens (including phenoxy) is 1. The van der Waals surface area contributed by atoms with E-state index in [1.165, 1.54) is 11.1 Å². The maximum atomic E-state index is 12.4. The quantitative estimate of drug-likeness (QED) is 0.564. The van der Waals surface area contributed by atoms with Gasteiger partial charge in [-0.2, -0.15) is 0 Å². The molecule has 0 aliphatic carbocycles. The first kappa shape index (κ1) is 19.8. The number of aryl methyl sites for hydroxylation is 1. The number of rotatable bonds is 7. The van der Waals surface area contributed by atoms with Crippen molar-refractivity contribution in [1.29, 1.82) is 0 Å². The van der Waals surface area contributed by atoms with Crippen molar-refractivity contribution in [3.8, 4) is 5.69 Å². The van der Waals surface area contributed by atoms with Crippen LogP contribution >= 0.6 is 0 Å². The molecule has 3 rings (SSSR count). The topological polar surface area (TPSA) is 57.0 Å². The molecule has 0 bridgehead atoms. The number of nitrogens with zero attached hydrogens (tertiary/aromatic N) is 3. The summed E-state index contributed by atoms with van der Waals surface area (Å²) in [6.07, 6.45) is 2.82. The van der Waals surface area contributed by atoms with Crippen molar-refractivity contribution in [2.45, 2.75) is 46.6 Å². The maximum absolute atomic E-state index is 12.4. The molecule has 0 amide bonds. The standard InChI is InChI=1S/C23H27N3O2/c1-16(2)13-19-7-9-20(10-8-19)18(4)23(27)28-15-21-14-26(25-24-21)22-11-5-17(3)6-12-22/h5-12,14,16,18H,13,15H2,1-4H3. The van der Waals surface area contributed by atoms with Gasteiger partial charge in [0.25, 0.3) is 0 Å². The summed E-state index contributed by atoms with van der Waals surface area (Å²) in [6, 6.07) is 16.2. The summed E-state index contributed by atoms with van der Waals surface area (Å²) in [7, 11) is 0. The monoisotopic (exact) mass is 377 g/mol. The molecular weight excluding hydrogens is 350 g/mol. The van der Waals surface area contributed by atoms with Gasteiger partial charge in [0.2, 0.25) is 0 Å². The van der Waals surface area contributed by atoms with Crippen LogP contribution in [-0.2, 0) is 22.6 Å². The Morgan fingerprint density at radius 1 is 1.04 bits per heavy atom. The third-order valence-electron chi connectivity index (χ3n) is 4.68. The lowest BCUT2D eigenvalue weighted by molar-refractivity contribution is -0.146. The minimum absolute atomic E-state index is 0.112. The second-order valence-electron chi connectivity index (χ2n) is 7.66. The number of hydrogen-bond acceptors (Lipinski definition) is 4. The summed E-state index contributed by atoms with van der Waals surface area (Å²) < 4.78 is 7.13. The minimum atomic E-state index is -0.319. The summed E-state index contributed by atoms with van der Waals surface area (Å²) >= 11 is 0. The van der Waals surface area contributed by atoms with Crippen molar-refractivity contribution in [3.05, 3.63) is 77.1 Å². The van der Waals surface area contributed by atoms with Crippen molar-refractivity contribution >= 4 is 5.97 Å². The van der Waals surface area contributed by atoms with Gasteiger partial charge >= 0.3 is 5.97 Å². The molecule has 3 aromatic rings. The first-order valence-electron chi connectivity index (χ1n) is 9.66. The van der Waals surface area contributed by atoms with Gasteiger partial charge in [-0.25, -0.2) is 4.68 Å². The number of carbonyl (C=O) groups excluding carboxylic acids is 1. The van der Waals surface area contributed by atoms with Gasteiger partial charge in [0.1, 0.15) is 12.3 Å². The zero-order chi connectivity index (χ0) is 20.1. The van der Waals surface area contributed by atoms with Crippen LogP contribution in [0.3, 0.4) is 0 Å². The SMILES string of the molecule is Cc1ccc(-n2cc(COC(=O)C(C)c3ccc(CC(C)C)cc3)nn2)cc1. The number of carbonyl (C=O) groups is 1. The molecule has 5 heteroatoms. The molecule has 1 heterocycles. The lowest BCUT2D eigenvalue weighted by Crippen LogP contribution is -2.13. The smallest absolute Gasteiger partial charge is 0.313 e. The lowest BCUT2D eigenvalue weighted by atomic mass is 9.97. The molecule has 146 valence electrons. The van der Waals surface area contributed by atoms with Crippen LogP contribution in [0.5, 0.6) is 0 Å². The fourth-order valence-electron chi connectivity index (χ4n) is 3.01. The molecule has 0 saturated carbocycles. The third kappa shape index (κ3) is 5.06. The van der Waals surface area contributed by atoms with Gasteiger partial charge in [-0.15, -0.1) is 5.10 Å². The van der Waals surface area contributed by atoms with Crippen molar-refractivity contribution < 1.29 is 9.53 Å². The second kappa shape index (κ2) is 8.83. The molecule has 0 N–H and O–H groups in total. The average molecular weight is 377 g/mol. The van der Waals surface area contributed by atoms with Crippen LogP contribution in [0.25, 0.3) is 5.69 Å². The molecule has 0 aliphatic rings. The number of esters is 1. The van der Waals surface area contributed by atoms with E-state index in [9.17, 15) is 4.79 Å². The van der Waals surface area contributed by atoms with E-state index in [4.69, 9.17) is 4.74 Å². The van der Waals surface area contributed by atoms with Crippen LogP contribution in [0.2, 0.25) is 0 Å². The molecule has 0 radical (unpaired) electrons. The molecule has 0 fully saturated rings. The molecule has 1 unspecified atom stereocenters. The number of hydrogen-bond donors (Lipinski definition) is 0. The molecule has 1 aromatic heterocycles. The first-order valence-corrected chi connectivity index (χ1v) is 9.66. The Kier molecular flexibility index (Phi) is 6.24. The molecule has 0 spiro atoms. The molecule has 0 aliphatic heterocycles. The maximum Gasteiger partial charge on any atom is 0.313 e. The molecule has 1 atom stereocenters. The van der Waals surface area contributed by atoms with Gasteiger partial charge in [0.05, 0.1) is 17.8 Å². The summed E-state index contributed by atoms with van der Waals surface area (Å²) in [5, 5.41) is 8.20. The summed E-state index contributed by atoms with van der Waals surface area (Å²) in [5.41, 5.74) is 4.97. The number of aromatic nitrogens is 3. The largest absolute Gasteiger partial charge is 0.459 e. The summed E-state index contributed by atoms with van der Waals surface area (Å²) in [5.74, 6) is 0.0308. The van der Waals surface area contributed by atoms with Crippen molar-refractivity contribution in [2.24, 2.45) is 5.92 Å². The molecular formula is C23H27N3O2.